The number of amides is 2. The van der Waals surface area contributed by atoms with Crippen molar-refractivity contribution in [3.63, 3.8) is 0 Å². The van der Waals surface area contributed by atoms with E-state index in [-0.39, 0.29) is 23.7 Å². The Morgan fingerprint density at radius 2 is 1.80 bits per heavy atom. The number of benzene rings is 2. The van der Waals surface area contributed by atoms with Crippen LogP contribution in [0.4, 0.5) is 5.69 Å². The number of nitrogens with one attached hydrogen (secondary N) is 1. The van der Waals surface area contributed by atoms with E-state index in [2.05, 4.69) is 5.43 Å². The molecule has 1 saturated heterocycles. The molecule has 35 heavy (non-hydrogen) atoms. The van der Waals surface area contributed by atoms with Crippen molar-refractivity contribution in [1.82, 2.24) is 5.43 Å². The van der Waals surface area contributed by atoms with E-state index >= 15 is 0 Å². The maximum Gasteiger partial charge on any atom is 0.353 e. The number of rotatable bonds is 7. The Hall–Kier alpha value is -4.44. The summed E-state index contributed by atoms with van der Waals surface area (Å²) in [5.41, 5.74) is 3.62. The average Bonchev–Trinajstić information content (AvgIpc) is 3.50. The summed E-state index contributed by atoms with van der Waals surface area (Å²) in [7, 11) is 1.42. The minimum Gasteiger partial charge on any atom is -0.493 e. The van der Waals surface area contributed by atoms with Gasteiger partial charge in [0.2, 0.25) is 0 Å². The van der Waals surface area contributed by atoms with Crippen molar-refractivity contribution in [2.45, 2.75) is 6.92 Å². The van der Waals surface area contributed by atoms with Crippen LogP contribution in [0, 0.1) is 0 Å². The van der Waals surface area contributed by atoms with Crippen molar-refractivity contribution in [3.05, 3.63) is 81.6 Å². The molecule has 10 heteroatoms. The van der Waals surface area contributed by atoms with E-state index in [1.807, 2.05) is 0 Å². The quantitative estimate of drug-likeness (QED) is 0.232. The predicted octanol–water partition coefficient (Wildman–Crippen LogP) is 3.61. The Balaban J connectivity index is 1.53. The molecular formula is C25H20N2O7S. The van der Waals surface area contributed by atoms with Crippen molar-refractivity contribution >= 4 is 46.9 Å². The number of carbonyl (C=O) groups is 4. The molecule has 3 aromatic rings. The van der Waals surface area contributed by atoms with Gasteiger partial charge in [-0.05, 0) is 66.4 Å². The third-order valence-electron chi connectivity index (χ3n) is 4.95. The molecule has 1 fully saturated rings. The number of esters is 2. The lowest BCUT2D eigenvalue weighted by Gasteiger charge is -2.14. The van der Waals surface area contributed by atoms with E-state index in [0.717, 1.165) is 5.01 Å². The van der Waals surface area contributed by atoms with Gasteiger partial charge in [0, 0.05) is 0 Å². The summed E-state index contributed by atoms with van der Waals surface area (Å²) in [6.45, 7) is 1.96. The maximum absolute atomic E-state index is 12.9. The van der Waals surface area contributed by atoms with Crippen LogP contribution in [0.1, 0.15) is 32.5 Å². The number of hydrogen-bond acceptors (Lipinski definition) is 8. The van der Waals surface area contributed by atoms with E-state index < -0.39 is 23.8 Å². The highest BCUT2D eigenvalue weighted by atomic mass is 32.1. The van der Waals surface area contributed by atoms with Crippen molar-refractivity contribution in [3.8, 4) is 11.5 Å². The van der Waals surface area contributed by atoms with Gasteiger partial charge in [-0.3, -0.25) is 15.0 Å². The first-order valence-electron chi connectivity index (χ1n) is 10.5. The van der Waals surface area contributed by atoms with Gasteiger partial charge in [0.25, 0.3) is 11.8 Å². The van der Waals surface area contributed by atoms with E-state index in [1.165, 1.54) is 54.9 Å². The molecule has 1 aliphatic heterocycles. The Labute approximate surface area is 204 Å². The minimum atomic E-state index is -0.586. The van der Waals surface area contributed by atoms with Crippen LogP contribution in [0.15, 0.2) is 65.6 Å². The standard InChI is InChI=1S/C25H20N2O7S/c1-3-33-24(30)16-7-9-17(10-8-16)27-23(29)18(22(28)26-27)13-15-6-11-19(20(14-15)32-2)34-25(31)21-5-4-12-35-21/h4-14H,3H2,1-2H3,(H,26,28)/b18-13-. The van der Waals surface area contributed by atoms with Crippen molar-refractivity contribution in [2.75, 3.05) is 18.7 Å². The molecule has 0 saturated carbocycles. The molecule has 4 rings (SSSR count). The molecule has 0 atom stereocenters. The lowest BCUT2D eigenvalue weighted by atomic mass is 10.1. The molecular weight excluding hydrogens is 472 g/mol. The van der Waals surface area contributed by atoms with Crippen molar-refractivity contribution in [2.24, 2.45) is 0 Å². The Morgan fingerprint density at radius 1 is 1.03 bits per heavy atom. The van der Waals surface area contributed by atoms with Gasteiger partial charge in [-0.25, -0.2) is 14.6 Å². The summed E-state index contributed by atoms with van der Waals surface area (Å²) < 4.78 is 15.7. The number of anilines is 1. The number of hydrazine groups is 1. The molecule has 1 N–H and O–H groups in total. The highest BCUT2D eigenvalue weighted by Crippen LogP contribution is 2.31. The van der Waals surface area contributed by atoms with Crippen LogP contribution in [-0.4, -0.2) is 37.5 Å². The number of hydrogen-bond donors (Lipinski definition) is 1. The fourth-order valence-corrected chi connectivity index (χ4v) is 3.87. The Bertz CT molecular complexity index is 1310. The second-order valence-electron chi connectivity index (χ2n) is 7.18. The first-order chi connectivity index (χ1) is 16.9. The Morgan fingerprint density at radius 3 is 2.46 bits per heavy atom. The summed E-state index contributed by atoms with van der Waals surface area (Å²) in [6, 6.07) is 14.2. The van der Waals surface area contributed by atoms with Gasteiger partial charge in [0.15, 0.2) is 11.5 Å². The second kappa shape index (κ2) is 10.2. The smallest absolute Gasteiger partial charge is 0.353 e. The fourth-order valence-electron chi connectivity index (χ4n) is 3.27. The molecule has 0 unspecified atom stereocenters. The van der Waals surface area contributed by atoms with E-state index in [1.54, 1.807) is 36.6 Å². The number of ether oxygens (including phenoxy) is 3. The first-order valence-corrected chi connectivity index (χ1v) is 11.4. The topological polar surface area (TPSA) is 111 Å². The summed E-state index contributed by atoms with van der Waals surface area (Å²) in [5, 5.41) is 2.86. The SMILES string of the molecule is CCOC(=O)c1ccc(N2NC(=O)/C(=C/c3ccc(OC(=O)c4cccs4)c(OC)c3)C2=O)cc1. The van der Waals surface area contributed by atoms with Crippen LogP contribution in [0.5, 0.6) is 11.5 Å². The maximum atomic E-state index is 12.9. The lowest BCUT2D eigenvalue weighted by Crippen LogP contribution is -2.35. The van der Waals surface area contributed by atoms with Crippen LogP contribution < -0.4 is 19.9 Å². The average molecular weight is 493 g/mol. The van der Waals surface area contributed by atoms with Gasteiger partial charge in [0.05, 0.1) is 25.0 Å². The predicted molar refractivity (Wildman–Crippen MR) is 128 cm³/mol. The number of carbonyl (C=O) groups excluding carboxylic acids is 4. The minimum absolute atomic E-state index is 0.0927. The summed E-state index contributed by atoms with van der Waals surface area (Å²) in [6.07, 6.45) is 1.41. The normalized spacial score (nSPS) is 14.1. The molecule has 9 nitrogen and oxygen atoms in total. The van der Waals surface area contributed by atoms with Crippen molar-refractivity contribution in [1.29, 1.82) is 0 Å². The molecule has 2 amide bonds. The summed E-state index contributed by atoms with van der Waals surface area (Å²) in [4.78, 5) is 50.0. The van der Waals surface area contributed by atoms with Crippen LogP contribution in [0.25, 0.3) is 6.08 Å². The molecule has 1 aliphatic rings. The van der Waals surface area contributed by atoms with Crippen LogP contribution in [0.3, 0.4) is 0 Å². The zero-order chi connectivity index (χ0) is 24.9. The van der Waals surface area contributed by atoms with Crippen LogP contribution in [-0.2, 0) is 14.3 Å². The molecule has 178 valence electrons. The molecule has 0 spiro atoms. The van der Waals surface area contributed by atoms with Crippen LogP contribution in [0.2, 0.25) is 0 Å². The van der Waals surface area contributed by atoms with Gasteiger partial charge in [0.1, 0.15) is 10.5 Å². The largest absolute Gasteiger partial charge is 0.493 e. The van der Waals surface area contributed by atoms with Gasteiger partial charge in [-0.1, -0.05) is 12.1 Å². The zero-order valence-electron chi connectivity index (χ0n) is 18.8. The van der Waals surface area contributed by atoms with Gasteiger partial charge >= 0.3 is 11.9 Å². The van der Waals surface area contributed by atoms with E-state index in [0.29, 0.717) is 21.7 Å². The van der Waals surface area contributed by atoms with Gasteiger partial charge in [-0.2, -0.15) is 0 Å². The van der Waals surface area contributed by atoms with Gasteiger partial charge in [-0.15, -0.1) is 11.3 Å². The van der Waals surface area contributed by atoms with E-state index in [4.69, 9.17) is 14.2 Å². The molecule has 2 heterocycles. The number of thiophene rings is 1. The third-order valence-corrected chi connectivity index (χ3v) is 5.80. The first kappa shape index (κ1) is 23.7. The highest BCUT2D eigenvalue weighted by molar-refractivity contribution is 7.12. The molecule has 0 bridgehead atoms. The van der Waals surface area contributed by atoms with Gasteiger partial charge < -0.3 is 14.2 Å². The highest BCUT2D eigenvalue weighted by Gasteiger charge is 2.34. The van der Waals surface area contributed by atoms with E-state index in [9.17, 15) is 19.2 Å². The van der Waals surface area contributed by atoms with Crippen LogP contribution >= 0.6 is 11.3 Å². The number of methoxy groups -OCH3 is 1. The second-order valence-corrected chi connectivity index (χ2v) is 8.13. The van der Waals surface area contributed by atoms with Crippen molar-refractivity contribution < 1.29 is 33.4 Å². The molecule has 1 aromatic heterocycles. The monoisotopic (exact) mass is 492 g/mol. The summed E-state index contributed by atoms with van der Waals surface area (Å²) in [5.74, 6) is -1.67. The molecule has 2 aromatic carbocycles. The lowest BCUT2D eigenvalue weighted by molar-refractivity contribution is -0.117. The summed E-state index contributed by atoms with van der Waals surface area (Å²) >= 11 is 1.26. The zero-order valence-corrected chi connectivity index (χ0v) is 19.6. The fraction of sp³-hybridized carbons (Fsp3) is 0.120. The molecule has 0 radical (unpaired) electrons. The third kappa shape index (κ3) is 5.07. The molecule has 0 aliphatic carbocycles. The Kier molecular flexibility index (Phi) is 6.93. The number of nitrogens with zero attached hydrogens (tertiary/aromatic N) is 1.